The first-order valence-electron chi connectivity index (χ1n) is 5.93. The molecule has 0 heterocycles. The molecule has 0 rings (SSSR count). The highest BCUT2D eigenvalue weighted by atomic mass is 16.6. The van der Waals surface area contributed by atoms with Crippen LogP contribution in [-0.4, -0.2) is 37.0 Å². The average molecular weight is 232 g/mol. The molecular weight excluding hydrogens is 208 g/mol. The summed E-state index contributed by atoms with van der Waals surface area (Å²) in [5.41, 5.74) is -1.53. The molecule has 0 saturated heterocycles. The molecule has 0 aromatic rings. The second-order valence-corrected chi connectivity index (χ2v) is 4.23. The minimum atomic E-state index is -1.53. The van der Waals surface area contributed by atoms with Crippen LogP contribution in [0.5, 0.6) is 0 Å². The van der Waals surface area contributed by atoms with Crippen molar-refractivity contribution in [3.05, 3.63) is 0 Å². The Morgan fingerprint density at radius 3 is 2.44 bits per heavy atom. The Labute approximate surface area is 97.9 Å². The molecule has 0 aliphatic carbocycles. The molecule has 0 aliphatic heterocycles. The van der Waals surface area contributed by atoms with Gasteiger partial charge in [-0.05, 0) is 13.3 Å². The van der Waals surface area contributed by atoms with Gasteiger partial charge in [0.2, 0.25) is 0 Å². The van der Waals surface area contributed by atoms with Gasteiger partial charge in [0.15, 0.2) is 5.60 Å². The first kappa shape index (κ1) is 15.4. The number of hydrogen-bond acceptors (Lipinski definition) is 4. The van der Waals surface area contributed by atoms with E-state index < -0.39 is 11.6 Å². The third kappa shape index (κ3) is 6.80. The number of carbonyl (C=O) groups excluding carboxylic acids is 1. The molecule has 1 atom stereocenters. The Morgan fingerprint density at radius 2 is 1.88 bits per heavy atom. The van der Waals surface area contributed by atoms with Crippen molar-refractivity contribution < 1.29 is 19.4 Å². The lowest BCUT2D eigenvalue weighted by Crippen LogP contribution is -2.41. The molecule has 1 N–H and O–H groups in total. The topological polar surface area (TPSA) is 55.8 Å². The van der Waals surface area contributed by atoms with Crippen LogP contribution >= 0.6 is 0 Å². The molecule has 0 aromatic heterocycles. The molecule has 0 aromatic carbocycles. The van der Waals surface area contributed by atoms with Crippen LogP contribution in [0.1, 0.15) is 46.0 Å². The molecule has 4 nitrogen and oxygen atoms in total. The van der Waals surface area contributed by atoms with E-state index in [9.17, 15) is 9.90 Å². The molecule has 0 spiro atoms. The summed E-state index contributed by atoms with van der Waals surface area (Å²) in [7, 11) is 1.25. The van der Waals surface area contributed by atoms with Crippen molar-refractivity contribution in [1.29, 1.82) is 0 Å². The molecule has 0 bridgehead atoms. The molecule has 4 heteroatoms. The number of ether oxygens (including phenoxy) is 2. The highest BCUT2D eigenvalue weighted by molar-refractivity contribution is 5.78. The lowest BCUT2D eigenvalue weighted by molar-refractivity contribution is -0.166. The Kier molecular flexibility index (Phi) is 8.21. The van der Waals surface area contributed by atoms with Crippen molar-refractivity contribution in [3.63, 3.8) is 0 Å². The predicted octanol–water partition coefficient (Wildman–Crippen LogP) is 1.90. The highest BCUT2D eigenvalue weighted by Gasteiger charge is 2.31. The summed E-state index contributed by atoms with van der Waals surface area (Å²) < 4.78 is 9.71. The van der Waals surface area contributed by atoms with Crippen molar-refractivity contribution in [2.24, 2.45) is 0 Å². The van der Waals surface area contributed by atoms with E-state index >= 15 is 0 Å². The summed E-state index contributed by atoms with van der Waals surface area (Å²) in [6.07, 6.45) is 5.79. The van der Waals surface area contributed by atoms with Gasteiger partial charge >= 0.3 is 5.97 Å². The van der Waals surface area contributed by atoms with Gasteiger partial charge in [0.1, 0.15) is 0 Å². The van der Waals surface area contributed by atoms with Crippen LogP contribution in [0, 0.1) is 0 Å². The molecule has 96 valence electrons. The minimum Gasteiger partial charge on any atom is -0.467 e. The normalized spacial score (nSPS) is 14.5. The number of rotatable bonds is 9. The highest BCUT2D eigenvalue weighted by Crippen LogP contribution is 2.07. The fraction of sp³-hybridized carbons (Fsp3) is 0.917. The van der Waals surface area contributed by atoms with E-state index in [2.05, 4.69) is 11.7 Å². The largest absolute Gasteiger partial charge is 0.467 e. The second kappa shape index (κ2) is 8.53. The van der Waals surface area contributed by atoms with Crippen LogP contribution < -0.4 is 0 Å². The zero-order valence-corrected chi connectivity index (χ0v) is 10.6. The molecule has 0 fully saturated rings. The van der Waals surface area contributed by atoms with Gasteiger partial charge in [-0.2, -0.15) is 0 Å². The molecule has 0 saturated carbocycles. The van der Waals surface area contributed by atoms with E-state index in [1.807, 2.05) is 0 Å². The van der Waals surface area contributed by atoms with Crippen LogP contribution in [0.2, 0.25) is 0 Å². The van der Waals surface area contributed by atoms with E-state index in [0.29, 0.717) is 6.61 Å². The number of unbranched alkanes of at least 4 members (excludes halogenated alkanes) is 4. The maximum Gasteiger partial charge on any atom is 0.339 e. The zero-order chi connectivity index (χ0) is 12.4. The van der Waals surface area contributed by atoms with Crippen LogP contribution in [0.4, 0.5) is 0 Å². The van der Waals surface area contributed by atoms with Gasteiger partial charge in [-0.25, -0.2) is 4.79 Å². The first-order chi connectivity index (χ1) is 7.54. The van der Waals surface area contributed by atoms with Gasteiger partial charge in [-0.15, -0.1) is 0 Å². The summed E-state index contributed by atoms with van der Waals surface area (Å²) in [6.45, 7) is 4.14. The van der Waals surface area contributed by atoms with Gasteiger partial charge in [0.05, 0.1) is 13.7 Å². The monoisotopic (exact) mass is 232 g/mol. The quantitative estimate of drug-likeness (QED) is 0.487. The average Bonchev–Trinajstić information content (AvgIpc) is 2.26. The Hall–Kier alpha value is -0.610. The number of carbonyl (C=O) groups is 1. The van der Waals surface area contributed by atoms with Gasteiger partial charge in [-0.1, -0.05) is 32.6 Å². The van der Waals surface area contributed by atoms with E-state index in [1.165, 1.54) is 33.3 Å². The summed E-state index contributed by atoms with van der Waals surface area (Å²) in [4.78, 5) is 11.1. The lowest BCUT2D eigenvalue weighted by atomic mass is 10.1. The molecule has 0 amide bonds. The molecular formula is C12H24O4. The maximum atomic E-state index is 11.1. The summed E-state index contributed by atoms with van der Waals surface area (Å²) in [6, 6.07) is 0. The number of esters is 1. The van der Waals surface area contributed by atoms with E-state index in [1.54, 1.807) is 0 Å². The number of aliphatic hydroxyl groups is 1. The van der Waals surface area contributed by atoms with Crippen molar-refractivity contribution in [2.45, 2.75) is 51.6 Å². The standard InChI is InChI=1S/C12H24O4/c1-4-5-6-7-8-9-16-10-12(2,14)11(13)15-3/h14H,4-10H2,1-3H3. The third-order valence-electron chi connectivity index (χ3n) is 2.40. The van der Waals surface area contributed by atoms with Crippen LogP contribution in [0.25, 0.3) is 0 Å². The van der Waals surface area contributed by atoms with Crippen LogP contribution in [0.15, 0.2) is 0 Å². The minimum absolute atomic E-state index is 0.00650. The number of methoxy groups -OCH3 is 1. The Morgan fingerprint density at radius 1 is 1.25 bits per heavy atom. The summed E-state index contributed by atoms with van der Waals surface area (Å²) in [5.74, 6) is -0.654. The van der Waals surface area contributed by atoms with Crippen molar-refractivity contribution in [1.82, 2.24) is 0 Å². The van der Waals surface area contributed by atoms with Gasteiger partial charge in [0.25, 0.3) is 0 Å². The third-order valence-corrected chi connectivity index (χ3v) is 2.40. The molecule has 0 aliphatic rings. The molecule has 0 radical (unpaired) electrons. The number of hydrogen-bond donors (Lipinski definition) is 1. The Bertz CT molecular complexity index is 189. The Balaban J connectivity index is 3.47. The first-order valence-corrected chi connectivity index (χ1v) is 5.93. The van der Waals surface area contributed by atoms with Crippen LogP contribution in [0.3, 0.4) is 0 Å². The van der Waals surface area contributed by atoms with Crippen LogP contribution in [-0.2, 0) is 14.3 Å². The maximum absolute atomic E-state index is 11.1. The van der Waals surface area contributed by atoms with E-state index in [-0.39, 0.29) is 6.61 Å². The fourth-order valence-corrected chi connectivity index (χ4v) is 1.36. The van der Waals surface area contributed by atoms with Gasteiger partial charge in [-0.3, -0.25) is 0 Å². The van der Waals surface area contributed by atoms with Crippen molar-refractivity contribution >= 4 is 5.97 Å². The summed E-state index contributed by atoms with van der Waals surface area (Å²) >= 11 is 0. The predicted molar refractivity (Wildman–Crippen MR) is 62.2 cm³/mol. The zero-order valence-electron chi connectivity index (χ0n) is 10.6. The van der Waals surface area contributed by atoms with E-state index in [4.69, 9.17) is 4.74 Å². The second-order valence-electron chi connectivity index (χ2n) is 4.23. The SMILES string of the molecule is CCCCCCCOCC(C)(O)C(=O)OC. The van der Waals surface area contributed by atoms with Gasteiger partial charge in [0, 0.05) is 6.61 Å². The van der Waals surface area contributed by atoms with Crippen molar-refractivity contribution in [2.75, 3.05) is 20.3 Å². The van der Waals surface area contributed by atoms with Crippen molar-refractivity contribution in [3.8, 4) is 0 Å². The fourth-order valence-electron chi connectivity index (χ4n) is 1.36. The molecule has 1 unspecified atom stereocenters. The van der Waals surface area contributed by atoms with Gasteiger partial charge < -0.3 is 14.6 Å². The molecule has 16 heavy (non-hydrogen) atoms. The van der Waals surface area contributed by atoms with E-state index in [0.717, 1.165) is 12.8 Å². The summed E-state index contributed by atoms with van der Waals surface area (Å²) in [5, 5.41) is 9.62. The smallest absolute Gasteiger partial charge is 0.339 e. The lowest BCUT2D eigenvalue weighted by Gasteiger charge is -2.19.